The second-order valence-electron chi connectivity index (χ2n) is 3.17. The van der Waals surface area contributed by atoms with Gasteiger partial charge in [-0.3, -0.25) is 5.10 Å². The van der Waals surface area contributed by atoms with Gasteiger partial charge in [0.15, 0.2) is 0 Å². The molecule has 0 aliphatic rings. The molecule has 82 valence electrons. The summed E-state index contributed by atoms with van der Waals surface area (Å²) >= 11 is 0. The molecule has 0 saturated carbocycles. The van der Waals surface area contributed by atoms with Gasteiger partial charge in [0, 0.05) is 10.9 Å². The van der Waals surface area contributed by atoms with E-state index in [-0.39, 0.29) is 5.82 Å². The zero-order valence-corrected chi connectivity index (χ0v) is 9.69. The molecule has 0 saturated heterocycles. The smallest absolute Gasteiger partial charge is 0.128 e. The number of hydrogen-bond donors (Lipinski definition) is 1. The average molecular weight is 208 g/mol. The van der Waals surface area contributed by atoms with Gasteiger partial charge in [0.25, 0.3) is 0 Å². The number of halogens is 1. The third-order valence-corrected chi connectivity index (χ3v) is 2.35. The van der Waals surface area contributed by atoms with Crippen molar-refractivity contribution in [2.24, 2.45) is 0 Å². The molecule has 0 unspecified atom stereocenters. The summed E-state index contributed by atoms with van der Waals surface area (Å²) in [6, 6.07) is 1.57. The topological polar surface area (TPSA) is 28.7 Å². The third-order valence-electron chi connectivity index (χ3n) is 2.35. The molecule has 0 radical (unpaired) electrons. The molecule has 2 nitrogen and oxygen atoms in total. The van der Waals surface area contributed by atoms with Crippen molar-refractivity contribution in [3.8, 4) is 0 Å². The fourth-order valence-electron chi connectivity index (χ4n) is 1.64. The minimum atomic E-state index is -0.142. The Morgan fingerprint density at radius 1 is 1.40 bits per heavy atom. The second-order valence-corrected chi connectivity index (χ2v) is 3.17. The van der Waals surface area contributed by atoms with Gasteiger partial charge in [-0.05, 0) is 25.0 Å². The standard InChI is InChI=1S/C10H11FN2.C2H6/c1-3-7-9(11)4-6(2)8-5-12-13-10(7)8;1-2/h4-5H,3H2,1-2H3,(H,12,13);1-2H3. The monoisotopic (exact) mass is 208 g/mol. The molecule has 1 aromatic heterocycles. The third kappa shape index (κ3) is 2.01. The van der Waals surface area contributed by atoms with Crippen LogP contribution in [-0.4, -0.2) is 10.2 Å². The minimum absolute atomic E-state index is 0.142. The molecule has 0 bridgehead atoms. The number of rotatable bonds is 1. The first-order valence-electron chi connectivity index (χ1n) is 5.35. The van der Waals surface area contributed by atoms with Gasteiger partial charge in [0.05, 0.1) is 11.7 Å². The number of nitrogens with zero attached hydrogens (tertiary/aromatic N) is 1. The molecule has 0 atom stereocenters. The van der Waals surface area contributed by atoms with Crippen molar-refractivity contribution < 1.29 is 4.39 Å². The maximum absolute atomic E-state index is 13.4. The van der Waals surface area contributed by atoms with Gasteiger partial charge in [0.1, 0.15) is 5.82 Å². The van der Waals surface area contributed by atoms with Crippen molar-refractivity contribution in [1.29, 1.82) is 0 Å². The SMILES string of the molecule is CC.CCc1c(F)cc(C)c2cn[nH]c12. The van der Waals surface area contributed by atoms with Gasteiger partial charge < -0.3 is 0 Å². The van der Waals surface area contributed by atoms with Crippen LogP contribution in [0.3, 0.4) is 0 Å². The molecule has 3 heteroatoms. The van der Waals surface area contributed by atoms with Crippen molar-refractivity contribution in [1.82, 2.24) is 10.2 Å². The Morgan fingerprint density at radius 3 is 2.67 bits per heavy atom. The van der Waals surface area contributed by atoms with Gasteiger partial charge in [-0.25, -0.2) is 4.39 Å². The van der Waals surface area contributed by atoms with Crippen LogP contribution in [-0.2, 0) is 6.42 Å². The highest BCUT2D eigenvalue weighted by Gasteiger charge is 2.09. The summed E-state index contributed by atoms with van der Waals surface area (Å²) in [6.07, 6.45) is 2.42. The predicted molar refractivity (Wildman–Crippen MR) is 61.5 cm³/mol. The Morgan fingerprint density at radius 2 is 2.07 bits per heavy atom. The minimum Gasteiger partial charge on any atom is -0.277 e. The number of H-pyrrole nitrogens is 1. The number of fused-ring (bicyclic) bond motifs is 1. The molecule has 2 aromatic rings. The number of aryl methyl sites for hydroxylation is 2. The molecule has 0 aliphatic carbocycles. The Labute approximate surface area is 89.5 Å². The summed E-state index contributed by atoms with van der Waals surface area (Å²) in [4.78, 5) is 0. The summed E-state index contributed by atoms with van der Waals surface area (Å²) < 4.78 is 13.4. The average Bonchev–Trinajstić information content (AvgIpc) is 2.70. The molecule has 0 amide bonds. The van der Waals surface area contributed by atoms with E-state index in [9.17, 15) is 4.39 Å². The fraction of sp³-hybridized carbons (Fsp3) is 0.417. The maximum atomic E-state index is 13.4. The van der Waals surface area contributed by atoms with Crippen molar-refractivity contribution in [2.75, 3.05) is 0 Å². The second kappa shape index (κ2) is 4.91. The van der Waals surface area contributed by atoms with E-state index in [0.717, 1.165) is 22.0 Å². The largest absolute Gasteiger partial charge is 0.277 e. The lowest BCUT2D eigenvalue weighted by atomic mass is 10.0. The molecule has 15 heavy (non-hydrogen) atoms. The Balaban J connectivity index is 0.000000531. The van der Waals surface area contributed by atoms with Crippen LogP contribution in [0.25, 0.3) is 10.9 Å². The molecule has 1 heterocycles. The highest BCUT2D eigenvalue weighted by atomic mass is 19.1. The molecular weight excluding hydrogens is 191 g/mol. The highest BCUT2D eigenvalue weighted by Crippen LogP contribution is 2.23. The molecule has 1 aromatic carbocycles. The van der Waals surface area contributed by atoms with Crippen molar-refractivity contribution in [3.05, 3.63) is 29.2 Å². The first-order valence-corrected chi connectivity index (χ1v) is 5.35. The van der Waals surface area contributed by atoms with Crippen molar-refractivity contribution >= 4 is 10.9 Å². The van der Waals surface area contributed by atoms with Crippen LogP contribution in [0.15, 0.2) is 12.3 Å². The van der Waals surface area contributed by atoms with E-state index in [0.29, 0.717) is 6.42 Å². The molecule has 0 aliphatic heterocycles. The zero-order valence-electron chi connectivity index (χ0n) is 9.69. The van der Waals surface area contributed by atoms with Crippen LogP contribution in [0.1, 0.15) is 31.9 Å². The van der Waals surface area contributed by atoms with Crippen LogP contribution in [0.5, 0.6) is 0 Å². The van der Waals surface area contributed by atoms with Crippen LogP contribution < -0.4 is 0 Å². The molecule has 0 fully saturated rings. The van der Waals surface area contributed by atoms with E-state index < -0.39 is 0 Å². The van der Waals surface area contributed by atoms with Gasteiger partial charge >= 0.3 is 0 Å². The lowest BCUT2D eigenvalue weighted by molar-refractivity contribution is 0.613. The quantitative estimate of drug-likeness (QED) is 0.762. The van der Waals surface area contributed by atoms with Gasteiger partial charge in [-0.15, -0.1) is 0 Å². The van der Waals surface area contributed by atoms with E-state index in [2.05, 4.69) is 10.2 Å². The van der Waals surface area contributed by atoms with E-state index in [1.54, 1.807) is 12.3 Å². The summed E-state index contributed by atoms with van der Waals surface area (Å²) in [5, 5.41) is 7.76. The lowest BCUT2D eigenvalue weighted by Gasteiger charge is -2.03. The Kier molecular flexibility index (Phi) is 3.83. The number of aromatic nitrogens is 2. The number of benzene rings is 1. The predicted octanol–water partition coefficient (Wildman–Crippen LogP) is 3.60. The van der Waals surface area contributed by atoms with E-state index in [1.807, 2.05) is 27.7 Å². The van der Waals surface area contributed by atoms with Crippen LogP contribution >= 0.6 is 0 Å². The summed E-state index contributed by atoms with van der Waals surface area (Å²) in [7, 11) is 0. The van der Waals surface area contributed by atoms with E-state index in [1.165, 1.54) is 0 Å². The van der Waals surface area contributed by atoms with Crippen molar-refractivity contribution in [3.63, 3.8) is 0 Å². The number of hydrogen-bond acceptors (Lipinski definition) is 1. The molecule has 2 rings (SSSR count). The Hall–Kier alpha value is -1.38. The molecule has 1 N–H and O–H groups in total. The summed E-state index contributed by atoms with van der Waals surface area (Å²) in [6.45, 7) is 7.83. The summed E-state index contributed by atoms with van der Waals surface area (Å²) in [5.41, 5.74) is 2.48. The van der Waals surface area contributed by atoms with Crippen LogP contribution in [0, 0.1) is 12.7 Å². The van der Waals surface area contributed by atoms with E-state index in [4.69, 9.17) is 0 Å². The lowest BCUT2D eigenvalue weighted by Crippen LogP contribution is -1.91. The van der Waals surface area contributed by atoms with Gasteiger partial charge in [-0.2, -0.15) is 5.10 Å². The summed E-state index contributed by atoms with van der Waals surface area (Å²) in [5.74, 6) is -0.142. The van der Waals surface area contributed by atoms with E-state index >= 15 is 0 Å². The van der Waals surface area contributed by atoms with Gasteiger partial charge in [0.2, 0.25) is 0 Å². The number of nitrogens with one attached hydrogen (secondary N) is 1. The van der Waals surface area contributed by atoms with Crippen LogP contribution in [0.4, 0.5) is 4.39 Å². The number of aromatic amines is 1. The fourth-order valence-corrected chi connectivity index (χ4v) is 1.64. The Bertz CT molecular complexity index is 446. The normalized spacial score (nSPS) is 9.93. The zero-order chi connectivity index (χ0) is 11.4. The maximum Gasteiger partial charge on any atom is 0.128 e. The van der Waals surface area contributed by atoms with Crippen molar-refractivity contribution in [2.45, 2.75) is 34.1 Å². The van der Waals surface area contributed by atoms with Gasteiger partial charge in [-0.1, -0.05) is 20.8 Å². The molecular formula is C12H17FN2. The first-order chi connectivity index (χ1) is 7.24. The first kappa shape index (κ1) is 11.7. The highest BCUT2D eigenvalue weighted by molar-refractivity contribution is 5.84. The molecule has 0 spiro atoms. The van der Waals surface area contributed by atoms with Crippen LogP contribution in [0.2, 0.25) is 0 Å².